The number of ether oxygens (including phenoxy) is 1. The molecule has 2 aromatic heterocycles. The number of benzene rings is 3. The van der Waals surface area contributed by atoms with Crippen LogP contribution in [0.4, 0.5) is 0 Å². The third-order valence-corrected chi connectivity index (χ3v) is 6.74. The smallest absolute Gasteiger partial charge is 0.338 e. The van der Waals surface area contributed by atoms with Crippen LogP contribution < -0.4 is 0 Å². The van der Waals surface area contributed by atoms with Gasteiger partial charge in [0.1, 0.15) is 12.4 Å². The maximum Gasteiger partial charge on any atom is 0.338 e. The number of rotatable bonds is 5. The Morgan fingerprint density at radius 2 is 1.74 bits per heavy atom. The molecule has 3 aromatic carbocycles. The van der Waals surface area contributed by atoms with Gasteiger partial charge in [0.2, 0.25) is 5.91 Å². The van der Waals surface area contributed by atoms with Crippen molar-refractivity contribution in [2.75, 3.05) is 6.61 Å². The predicted octanol–water partition coefficient (Wildman–Crippen LogP) is 5.95. The summed E-state index contributed by atoms with van der Waals surface area (Å²) in [5.74, 6) is 0.266. The third kappa shape index (κ3) is 3.91. The lowest BCUT2D eigenvalue weighted by Crippen LogP contribution is -2.18. The molecule has 0 spiro atoms. The molecule has 0 radical (unpaired) electrons. The Morgan fingerprint density at radius 1 is 0.943 bits per heavy atom. The fourth-order valence-corrected chi connectivity index (χ4v) is 5.08. The lowest BCUT2D eigenvalue weighted by atomic mass is 9.95. The van der Waals surface area contributed by atoms with Gasteiger partial charge >= 0.3 is 5.97 Å². The van der Waals surface area contributed by atoms with Gasteiger partial charge in [-0.1, -0.05) is 48.5 Å². The average molecular weight is 464 g/mol. The second-order valence-electron chi connectivity index (χ2n) is 8.95. The van der Waals surface area contributed by atoms with E-state index < -0.39 is 5.97 Å². The summed E-state index contributed by atoms with van der Waals surface area (Å²) in [6.45, 7) is 0.0369. The van der Waals surface area contributed by atoms with E-state index in [1.165, 1.54) is 5.56 Å². The number of aromatic amines is 1. The summed E-state index contributed by atoms with van der Waals surface area (Å²) < 4.78 is 7.33. The molecule has 2 heterocycles. The van der Waals surface area contributed by atoms with Crippen LogP contribution in [-0.2, 0) is 17.6 Å². The molecular weight excluding hydrogens is 438 g/mol. The van der Waals surface area contributed by atoms with Gasteiger partial charge in [-0.25, -0.2) is 9.78 Å². The zero-order valence-electron chi connectivity index (χ0n) is 19.3. The number of carbonyl (C=O) groups excluding carboxylic acids is 2. The van der Waals surface area contributed by atoms with E-state index in [0.717, 1.165) is 64.7 Å². The Kier molecular flexibility index (Phi) is 5.41. The van der Waals surface area contributed by atoms with Gasteiger partial charge < -0.3 is 9.72 Å². The number of hydrogen-bond donors (Lipinski definition) is 1. The van der Waals surface area contributed by atoms with Gasteiger partial charge in [0.05, 0.1) is 28.5 Å². The number of aromatic nitrogens is 3. The van der Waals surface area contributed by atoms with Crippen molar-refractivity contribution in [3.05, 3.63) is 89.6 Å². The highest BCUT2D eigenvalue weighted by molar-refractivity contribution is 5.97. The normalized spacial score (nSPS) is 13.1. The monoisotopic (exact) mass is 463 g/mol. The zero-order valence-corrected chi connectivity index (χ0v) is 19.3. The number of H-pyrrole nitrogens is 1. The van der Waals surface area contributed by atoms with E-state index in [-0.39, 0.29) is 18.9 Å². The van der Waals surface area contributed by atoms with E-state index in [0.29, 0.717) is 5.56 Å². The third-order valence-electron chi connectivity index (χ3n) is 6.74. The Morgan fingerprint density at radius 3 is 2.63 bits per heavy atom. The number of imidazole rings is 1. The number of hydrogen-bond acceptors (Lipinski definition) is 4. The largest absolute Gasteiger partial charge is 0.462 e. The van der Waals surface area contributed by atoms with Crippen molar-refractivity contribution in [3.8, 4) is 11.4 Å². The summed E-state index contributed by atoms with van der Waals surface area (Å²) >= 11 is 0. The molecule has 0 unspecified atom stereocenters. The Balaban J connectivity index is 1.16. The lowest BCUT2D eigenvalue weighted by Gasteiger charge is -2.15. The zero-order chi connectivity index (χ0) is 23.8. The minimum atomic E-state index is -0.449. The van der Waals surface area contributed by atoms with E-state index in [1.54, 1.807) is 18.2 Å². The molecule has 0 saturated heterocycles. The average Bonchev–Trinajstić information content (AvgIpc) is 3.48. The summed E-state index contributed by atoms with van der Waals surface area (Å²) in [5.41, 5.74) is 6.31. The lowest BCUT2D eigenvalue weighted by molar-refractivity contribution is 0.0489. The van der Waals surface area contributed by atoms with Gasteiger partial charge in [-0.15, -0.1) is 0 Å². The summed E-state index contributed by atoms with van der Waals surface area (Å²) in [4.78, 5) is 33.8. The Labute approximate surface area is 202 Å². The number of fused-ring (bicyclic) bond motifs is 4. The Hall–Kier alpha value is -4.19. The van der Waals surface area contributed by atoms with Crippen molar-refractivity contribution in [1.82, 2.24) is 14.5 Å². The maximum absolute atomic E-state index is 13.2. The molecule has 5 aromatic rings. The van der Waals surface area contributed by atoms with Gasteiger partial charge in [0, 0.05) is 16.6 Å². The maximum atomic E-state index is 13.2. The molecule has 1 aliphatic carbocycles. The van der Waals surface area contributed by atoms with Crippen molar-refractivity contribution >= 4 is 33.8 Å². The molecule has 174 valence electrons. The quantitative estimate of drug-likeness (QED) is 0.327. The molecule has 6 nitrogen and oxygen atoms in total. The van der Waals surface area contributed by atoms with Gasteiger partial charge in [0.15, 0.2) is 0 Å². The molecule has 0 amide bonds. The summed E-state index contributed by atoms with van der Waals surface area (Å²) in [6.07, 6.45) is 4.30. The van der Waals surface area contributed by atoms with Crippen LogP contribution in [0.15, 0.2) is 72.8 Å². The molecule has 35 heavy (non-hydrogen) atoms. The van der Waals surface area contributed by atoms with E-state index in [2.05, 4.69) is 16.0 Å². The highest BCUT2D eigenvalue weighted by atomic mass is 16.5. The first-order valence-corrected chi connectivity index (χ1v) is 12.1. The summed E-state index contributed by atoms with van der Waals surface area (Å²) in [7, 11) is 0. The first-order chi connectivity index (χ1) is 17.2. The molecule has 0 bridgehead atoms. The SMILES string of the molecule is O=C(OCCC(=O)n1c2c(c3ccccc31)CCCC2)c1ccc2nc(-c3ccccc3)[nH]c2c1. The van der Waals surface area contributed by atoms with Gasteiger partial charge in [-0.2, -0.15) is 0 Å². The molecular formula is C29H25N3O3. The topological polar surface area (TPSA) is 77.0 Å². The number of carbonyl (C=O) groups is 2. The van der Waals surface area contributed by atoms with Crippen LogP contribution in [0.5, 0.6) is 0 Å². The van der Waals surface area contributed by atoms with Crippen LogP contribution in [-0.4, -0.2) is 33.0 Å². The van der Waals surface area contributed by atoms with Crippen molar-refractivity contribution < 1.29 is 14.3 Å². The molecule has 6 rings (SSSR count). The van der Waals surface area contributed by atoms with E-state index in [4.69, 9.17) is 4.74 Å². The predicted molar refractivity (Wildman–Crippen MR) is 136 cm³/mol. The standard InChI is InChI=1S/C29H25N3O3/c33-27(32-25-12-6-4-10-21(25)22-11-5-7-13-26(22)32)16-17-35-29(34)20-14-15-23-24(18-20)31-28(30-23)19-8-2-1-3-9-19/h1-4,6,8-10,12,14-15,18H,5,7,11,13,16-17H2,(H,30,31). The van der Waals surface area contributed by atoms with Crippen LogP contribution in [0.25, 0.3) is 33.3 Å². The van der Waals surface area contributed by atoms with Crippen LogP contribution in [0.2, 0.25) is 0 Å². The van der Waals surface area contributed by atoms with E-state index in [9.17, 15) is 9.59 Å². The summed E-state index contributed by atoms with van der Waals surface area (Å²) in [6, 6.07) is 23.2. The highest BCUT2D eigenvalue weighted by Crippen LogP contribution is 2.32. The summed E-state index contributed by atoms with van der Waals surface area (Å²) in [5, 5.41) is 1.16. The molecule has 0 aliphatic heterocycles. The fourth-order valence-electron chi connectivity index (χ4n) is 5.08. The number of nitrogens with zero attached hydrogens (tertiary/aromatic N) is 2. The van der Waals surface area contributed by atoms with E-state index >= 15 is 0 Å². The molecule has 1 N–H and O–H groups in total. The van der Waals surface area contributed by atoms with Crippen molar-refractivity contribution in [3.63, 3.8) is 0 Å². The van der Waals surface area contributed by atoms with E-state index in [1.807, 2.05) is 53.1 Å². The fraction of sp³-hybridized carbons (Fsp3) is 0.207. The molecule has 1 aliphatic rings. The first-order valence-electron chi connectivity index (χ1n) is 12.1. The van der Waals surface area contributed by atoms with Crippen molar-refractivity contribution in [1.29, 1.82) is 0 Å². The molecule has 0 saturated carbocycles. The minimum Gasteiger partial charge on any atom is -0.462 e. The van der Waals surface area contributed by atoms with Crippen LogP contribution in [0.3, 0.4) is 0 Å². The second-order valence-corrected chi connectivity index (χ2v) is 8.95. The number of nitrogens with one attached hydrogen (secondary N) is 1. The van der Waals surface area contributed by atoms with Crippen molar-refractivity contribution in [2.45, 2.75) is 32.1 Å². The van der Waals surface area contributed by atoms with Crippen LogP contribution in [0.1, 0.15) is 45.7 Å². The highest BCUT2D eigenvalue weighted by Gasteiger charge is 2.23. The number of esters is 1. The van der Waals surface area contributed by atoms with Gasteiger partial charge in [0.25, 0.3) is 0 Å². The van der Waals surface area contributed by atoms with Gasteiger partial charge in [-0.3, -0.25) is 9.36 Å². The van der Waals surface area contributed by atoms with Gasteiger partial charge in [-0.05, 0) is 55.5 Å². The molecule has 0 atom stereocenters. The second kappa shape index (κ2) is 8.87. The number of aryl methyl sites for hydroxylation is 1. The Bertz CT molecular complexity index is 1560. The van der Waals surface area contributed by atoms with Crippen molar-refractivity contribution in [2.24, 2.45) is 0 Å². The van der Waals surface area contributed by atoms with Crippen LogP contribution >= 0.6 is 0 Å². The van der Waals surface area contributed by atoms with Crippen LogP contribution in [0, 0.1) is 0 Å². The molecule has 0 fully saturated rings. The minimum absolute atomic E-state index is 0.0336. The first kappa shape index (κ1) is 21.4. The number of para-hydroxylation sites is 1. The molecule has 6 heteroatoms.